The molecule has 13 heavy (non-hydrogen) atoms. The van der Waals surface area contributed by atoms with Gasteiger partial charge in [0.15, 0.2) is 0 Å². The van der Waals surface area contributed by atoms with Crippen molar-refractivity contribution >= 4 is 0 Å². The van der Waals surface area contributed by atoms with E-state index in [1.165, 1.54) is 16.7 Å². The number of fused-ring (bicyclic) bond motifs is 1. The summed E-state index contributed by atoms with van der Waals surface area (Å²) in [6, 6.07) is 6.33. The molecule has 1 aliphatic carbocycles. The van der Waals surface area contributed by atoms with E-state index < -0.39 is 0 Å². The Morgan fingerprint density at radius 3 is 2.85 bits per heavy atom. The van der Waals surface area contributed by atoms with Crippen molar-refractivity contribution in [2.24, 2.45) is 0 Å². The van der Waals surface area contributed by atoms with Gasteiger partial charge in [-0.25, -0.2) is 0 Å². The zero-order chi connectivity index (χ0) is 9.26. The Morgan fingerprint density at radius 1 is 1.23 bits per heavy atom. The molecule has 1 nitrogen and oxygen atoms in total. The smallest absolute Gasteiger partial charge is 0.119 e. The number of aryl methyl sites for hydroxylation is 1. The van der Waals surface area contributed by atoms with Gasteiger partial charge in [0, 0.05) is 0 Å². The number of allylic oxidation sites excluding steroid dienone is 1. The van der Waals surface area contributed by atoms with E-state index in [-0.39, 0.29) is 0 Å². The largest absolute Gasteiger partial charge is 0.497 e. The van der Waals surface area contributed by atoms with Crippen LogP contribution in [0.25, 0.3) is 0 Å². The first kappa shape index (κ1) is 8.36. The van der Waals surface area contributed by atoms with Crippen LogP contribution in [0.4, 0.5) is 0 Å². The van der Waals surface area contributed by atoms with E-state index in [0.717, 1.165) is 25.0 Å². The first-order valence-corrected chi connectivity index (χ1v) is 4.62. The third-order valence-electron chi connectivity index (χ3n) is 2.60. The van der Waals surface area contributed by atoms with Crippen molar-refractivity contribution in [1.29, 1.82) is 0 Å². The zero-order valence-electron chi connectivity index (χ0n) is 7.97. The average Bonchev–Trinajstić information content (AvgIpc) is 2.16. The van der Waals surface area contributed by atoms with Gasteiger partial charge in [-0.15, -0.1) is 0 Å². The maximum atomic E-state index is 5.19. The highest BCUT2D eigenvalue weighted by molar-refractivity contribution is 5.40. The predicted octanol–water partition coefficient (Wildman–Crippen LogP) is 2.74. The SMILES string of the molecule is C=C1CCc2ccc(OC)cc2C1. The van der Waals surface area contributed by atoms with Crippen LogP contribution >= 0.6 is 0 Å². The van der Waals surface area contributed by atoms with Crippen LogP contribution in [-0.2, 0) is 12.8 Å². The van der Waals surface area contributed by atoms with E-state index in [4.69, 9.17) is 4.74 Å². The molecule has 0 heterocycles. The molecule has 0 aromatic heterocycles. The lowest BCUT2D eigenvalue weighted by Gasteiger charge is -2.18. The number of methoxy groups -OCH3 is 1. The Labute approximate surface area is 79.0 Å². The van der Waals surface area contributed by atoms with Gasteiger partial charge in [-0.05, 0) is 42.5 Å². The molecule has 0 spiro atoms. The average molecular weight is 174 g/mol. The fraction of sp³-hybridized carbons (Fsp3) is 0.333. The molecule has 1 heteroatoms. The van der Waals surface area contributed by atoms with Crippen LogP contribution in [0.3, 0.4) is 0 Å². The highest BCUT2D eigenvalue weighted by Crippen LogP contribution is 2.27. The van der Waals surface area contributed by atoms with Crippen molar-refractivity contribution in [3.63, 3.8) is 0 Å². The Hall–Kier alpha value is -1.24. The van der Waals surface area contributed by atoms with Crippen LogP contribution < -0.4 is 4.74 Å². The fourth-order valence-corrected chi connectivity index (χ4v) is 1.81. The monoisotopic (exact) mass is 174 g/mol. The van der Waals surface area contributed by atoms with Crippen LogP contribution in [-0.4, -0.2) is 7.11 Å². The third kappa shape index (κ3) is 1.59. The van der Waals surface area contributed by atoms with Crippen LogP contribution in [0.1, 0.15) is 17.5 Å². The predicted molar refractivity (Wildman–Crippen MR) is 54.2 cm³/mol. The van der Waals surface area contributed by atoms with Gasteiger partial charge in [0.05, 0.1) is 7.11 Å². The molecule has 68 valence electrons. The lowest BCUT2D eigenvalue weighted by Crippen LogP contribution is -2.04. The summed E-state index contributed by atoms with van der Waals surface area (Å²) in [5.74, 6) is 0.952. The highest BCUT2D eigenvalue weighted by atomic mass is 16.5. The Balaban J connectivity index is 2.38. The van der Waals surface area contributed by atoms with E-state index in [2.05, 4.69) is 18.7 Å². The number of benzene rings is 1. The molecule has 0 N–H and O–H groups in total. The number of hydrogen-bond acceptors (Lipinski definition) is 1. The quantitative estimate of drug-likeness (QED) is 0.595. The molecule has 0 amide bonds. The maximum Gasteiger partial charge on any atom is 0.119 e. The van der Waals surface area contributed by atoms with E-state index in [0.29, 0.717) is 0 Å². The second-order valence-corrected chi connectivity index (χ2v) is 3.56. The van der Waals surface area contributed by atoms with Crippen molar-refractivity contribution in [2.75, 3.05) is 7.11 Å². The van der Waals surface area contributed by atoms with Crippen molar-refractivity contribution < 1.29 is 4.74 Å². The summed E-state index contributed by atoms with van der Waals surface area (Å²) in [5, 5.41) is 0. The van der Waals surface area contributed by atoms with Crippen molar-refractivity contribution in [2.45, 2.75) is 19.3 Å². The molecular formula is C12H14O. The lowest BCUT2D eigenvalue weighted by atomic mass is 9.89. The normalized spacial score (nSPS) is 15.3. The van der Waals surface area contributed by atoms with Crippen LogP contribution in [0.5, 0.6) is 5.75 Å². The molecule has 2 rings (SSSR count). The fourth-order valence-electron chi connectivity index (χ4n) is 1.81. The Kier molecular flexibility index (Phi) is 2.09. The minimum absolute atomic E-state index is 0.952. The third-order valence-corrected chi connectivity index (χ3v) is 2.60. The summed E-state index contributed by atoms with van der Waals surface area (Å²) >= 11 is 0. The van der Waals surface area contributed by atoms with Gasteiger partial charge in [0.1, 0.15) is 5.75 Å². The summed E-state index contributed by atoms with van der Waals surface area (Å²) in [6.45, 7) is 4.03. The molecule has 1 aromatic carbocycles. The molecule has 0 bridgehead atoms. The molecule has 0 unspecified atom stereocenters. The first-order chi connectivity index (χ1) is 6.29. The molecule has 0 aliphatic heterocycles. The molecule has 0 radical (unpaired) electrons. The molecule has 0 fully saturated rings. The van der Waals surface area contributed by atoms with Crippen molar-refractivity contribution in [3.8, 4) is 5.75 Å². The van der Waals surface area contributed by atoms with Gasteiger partial charge >= 0.3 is 0 Å². The summed E-state index contributed by atoms with van der Waals surface area (Å²) in [7, 11) is 1.71. The van der Waals surface area contributed by atoms with Gasteiger partial charge in [0.2, 0.25) is 0 Å². The second-order valence-electron chi connectivity index (χ2n) is 3.56. The van der Waals surface area contributed by atoms with Gasteiger partial charge in [-0.3, -0.25) is 0 Å². The van der Waals surface area contributed by atoms with E-state index in [1.807, 2.05) is 6.07 Å². The van der Waals surface area contributed by atoms with Gasteiger partial charge in [-0.1, -0.05) is 18.2 Å². The highest BCUT2D eigenvalue weighted by Gasteiger charge is 2.11. The van der Waals surface area contributed by atoms with Crippen LogP contribution in [0, 0.1) is 0 Å². The molecule has 0 saturated heterocycles. The van der Waals surface area contributed by atoms with Gasteiger partial charge in [0.25, 0.3) is 0 Å². The topological polar surface area (TPSA) is 9.23 Å². The standard InChI is InChI=1S/C12H14O/c1-9-3-4-10-5-6-12(13-2)8-11(10)7-9/h5-6,8H,1,3-4,7H2,2H3. The summed E-state index contributed by atoms with van der Waals surface area (Å²) in [4.78, 5) is 0. The minimum atomic E-state index is 0.952. The lowest BCUT2D eigenvalue weighted by molar-refractivity contribution is 0.414. The van der Waals surface area contributed by atoms with Crippen LogP contribution in [0.2, 0.25) is 0 Å². The van der Waals surface area contributed by atoms with E-state index >= 15 is 0 Å². The van der Waals surface area contributed by atoms with Crippen LogP contribution in [0.15, 0.2) is 30.4 Å². The molecule has 1 aromatic rings. The number of ether oxygens (including phenoxy) is 1. The second kappa shape index (κ2) is 3.25. The zero-order valence-corrected chi connectivity index (χ0v) is 7.97. The van der Waals surface area contributed by atoms with E-state index in [9.17, 15) is 0 Å². The van der Waals surface area contributed by atoms with E-state index in [1.54, 1.807) is 7.11 Å². The van der Waals surface area contributed by atoms with Crippen molar-refractivity contribution in [1.82, 2.24) is 0 Å². The molecule has 0 atom stereocenters. The molecular weight excluding hydrogens is 160 g/mol. The molecule has 0 saturated carbocycles. The van der Waals surface area contributed by atoms with Gasteiger partial charge < -0.3 is 4.74 Å². The maximum absolute atomic E-state index is 5.19. The summed E-state index contributed by atoms with van der Waals surface area (Å²) in [5.41, 5.74) is 4.17. The number of rotatable bonds is 1. The Bertz CT molecular complexity index is 339. The summed E-state index contributed by atoms with van der Waals surface area (Å²) in [6.07, 6.45) is 3.30. The van der Waals surface area contributed by atoms with Gasteiger partial charge in [-0.2, -0.15) is 0 Å². The molecule has 1 aliphatic rings. The summed E-state index contributed by atoms with van der Waals surface area (Å²) < 4.78 is 5.19. The Morgan fingerprint density at radius 2 is 2.08 bits per heavy atom. The number of hydrogen-bond donors (Lipinski definition) is 0. The minimum Gasteiger partial charge on any atom is -0.497 e. The van der Waals surface area contributed by atoms with Crippen molar-refractivity contribution in [3.05, 3.63) is 41.5 Å². The first-order valence-electron chi connectivity index (χ1n) is 4.62.